The molecule has 37 heavy (non-hydrogen) atoms. The summed E-state index contributed by atoms with van der Waals surface area (Å²) < 4.78 is 7.80. The van der Waals surface area contributed by atoms with Gasteiger partial charge in [0.25, 0.3) is 5.91 Å². The molecule has 0 spiro atoms. The van der Waals surface area contributed by atoms with Crippen LogP contribution in [0.1, 0.15) is 45.1 Å². The maximum Gasteiger partial charge on any atom is 0.251 e. The number of anilines is 1. The second-order valence-corrected chi connectivity index (χ2v) is 9.43. The van der Waals surface area contributed by atoms with E-state index >= 15 is 0 Å². The van der Waals surface area contributed by atoms with Gasteiger partial charge in [-0.2, -0.15) is 5.10 Å². The maximum absolute atomic E-state index is 12.9. The number of ether oxygens (including phenoxy) is 1. The van der Waals surface area contributed by atoms with Gasteiger partial charge >= 0.3 is 0 Å². The van der Waals surface area contributed by atoms with Crippen LogP contribution in [0.25, 0.3) is 22.3 Å². The number of carbonyl (C=O) groups is 1. The van der Waals surface area contributed by atoms with E-state index in [4.69, 9.17) is 15.6 Å². The van der Waals surface area contributed by atoms with Crippen LogP contribution in [0.15, 0.2) is 60.9 Å². The maximum atomic E-state index is 12.9. The number of fused-ring (bicyclic) bond motifs is 1. The van der Waals surface area contributed by atoms with Gasteiger partial charge in [0.2, 0.25) is 0 Å². The van der Waals surface area contributed by atoms with Gasteiger partial charge in [-0.25, -0.2) is 14.6 Å². The minimum absolute atomic E-state index is 0.0812. The van der Waals surface area contributed by atoms with Gasteiger partial charge < -0.3 is 20.5 Å². The Balaban J connectivity index is 1.43. The topological polar surface area (TPSA) is 119 Å². The van der Waals surface area contributed by atoms with Crippen LogP contribution in [0.3, 0.4) is 0 Å². The number of nitrogens with zero attached hydrogens (tertiary/aromatic N) is 5. The molecule has 1 fully saturated rings. The number of aromatic nitrogens is 4. The Morgan fingerprint density at radius 3 is 2.65 bits per heavy atom. The van der Waals surface area contributed by atoms with Crippen molar-refractivity contribution in [1.82, 2.24) is 24.6 Å². The van der Waals surface area contributed by atoms with E-state index in [9.17, 15) is 9.90 Å². The first-order valence-electron chi connectivity index (χ1n) is 12.8. The number of nitrogens with two attached hydrogens (primary N) is 1. The van der Waals surface area contributed by atoms with Crippen LogP contribution in [0, 0.1) is 0 Å². The Morgan fingerprint density at radius 1 is 1.14 bits per heavy atom. The molecule has 2 aromatic heterocycles. The summed E-state index contributed by atoms with van der Waals surface area (Å²) in [6, 6.07) is 17.2. The van der Waals surface area contributed by atoms with Gasteiger partial charge in [0.1, 0.15) is 35.4 Å². The van der Waals surface area contributed by atoms with Crippen molar-refractivity contribution < 1.29 is 14.6 Å². The Hall–Kier alpha value is -3.98. The Kier molecular flexibility index (Phi) is 7.32. The quantitative estimate of drug-likeness (QED) is 0.363. The fourth-order valence-corrected chi connectivity index (χ4v) is 4.84. The molecule has 5 rings (SSSR count). The summed E-state index contributed by atoms with van der Waals surface area (Å²) in [5.41, 5.74) is 8.49. The normalized spacial score (nSPS) is 16.6. The molecule has 9 nitrogen and oxygen atoms in total. The predicted octanol–water partition coefficient (Wildman–Crippen LogP) is 4.58. The smallest absolute Gasteiger partial charge is 0.251 e. The van der Waals surface area contributed by atoms with Gasteiger partial charge in [-0.15, -0.1) is 0 Å². The van der Waals surface area contributed by atoms with Crippen molar-refractivity contribution in [3.05, 3.63) is 60.9 Å². The average molecular weight is 501 g/mol. The minimum Gasteiger partial charge on any atom is -0.457 e. The molecule has 3 N–H and O–H groups in total. The first kappa shape index (κ1) is 24.7. The first-order valence-corrected chi connectivity index (χ1v) is 12.8. The molecule has 0 bridgehead atoms. The zero-order valence-corrected chi connectivity index (χ0v) is 21.0. The largest absolute Gasteiger partial charge is 0.457 e. The number of hydrogen-bond donors (Lipinski definition) is 2. The van der Waals surface area contributed by atoms with Gasteiger partial charge in [0, 0.05) is 18.7 Å². The lowest BCUT2D eigenvalue weighted by molar-refractivity contribution is -0.142. The van der Waals surface area contributed by atoms with E-state index in [0.29, 0.717) is 47.8 Å². The number of benzene rings is 2. The van der Waals surface area contributed by atoms with E-state index in [1.165, 1.54) is 6.33 Å². The van der Waals surface area contributed by atoms with Crippen molar-refractivity contribution >= 4 is 22.8 Å². The number of rotatable bonds is 8. The number of aliphatic hydroxyl groups is 1. The third kappa shape index (κ3) is 5.27. The van der Waals surface area contributed by atoms with Crippen molar-refractivity contribution in [3.8, 4) is 22.8 Å². The van der Waals surface area contributed by atoms with E-state index in [0.717, 1.165) is 37.0 Å². The van der Waals surface area contributed by atoms with E-state index < -0.39 is 6.10 Å². The number of nitrogen functional groups attached to an aromatic ring is 1. The summed E-state index contributed by atoms with van der Waals surface area (Å²) >= 11 is 0. The summed E-state index contributed by atoms with van der Waals surface area (Å²) in [6.07, 6.45) is 4.39. The molecule has 1 saturated heterocycles. The molecule has 0 saturated carbocycles. The number of para-hydroxylation sites is 1. The molecule has 192 valence electrons. The number of aliphatic hydroxyl groups excluding tert-OH is 1. The molecule has 2 atom stereocenters. The minimum atomic E-state index is -0.960. The number of amides is 1. The Bertz CT molecular complexity index is 1360. The highest BCUT2D eigenvalue weighted by Crippen LogP contribution is 2.35. The van der Waals surface area contributed by atoms with Crippen molar-refractivity contribution in [2.75, 3.05) is 18.8 Å². The predicted molar refractivity (Wildman–Crippen MR) is 142 cm³/mol. The number of likely N-dealkylation sites (tertiary alicyclic amines) is 1. The van der Waals surface area contributed by atoms with Crippen molar-refractivity contribution in [2.24, 2.45) is 0 Å². The summed E-state index contributed by atoms with van der Waals surface area (Å²) in [7, 11) is 0. The monoisotopic (exact) mass is 500 g/mol. The molecule has 3 heterocycles. The zero-order chi connectivity index (χ0) is 25.8. The molecule has 1 aliphatic rings. The lowest BCUT2D eigenvalue weighted by Crippen LogP contribution is -2.45. The van der Waals surface area contributed by atoms with Gasteiger partial charge in [-0.1, -0.05) is 38.0 Å². The molecule has 1 amide bonds. The average Bonchev–Trinajstić information content (AvgIpc) is 3.33. The Morgan fingerprint density at radius 2 is 1.89 bits per heavy atom. The van der Waals surface area contributed by atoms with E-state index in [1.54, 1.807) is 4.90 Å². The molecular weight excluding hydrogens is 468 g/mol. The highest BCUT2D eigenvalue weighted by molar-refractivity contribution is 5.98. The first-order chi connectivity index (χ1) is 18.0. The van der Waals surface area contributed by atoms with Crippen LogP contribution in [0.2, 0.25) is 0 Å². The molecule has 4 aromatic rings. The van der Waals surface area contributed by atoms with Crippen LogP contribution < -0.4 is 10.5 Å². The molecule has 2 aromatic carbocycles. The van der Waals surface area contributed by atoms with Gasteiger partial charge in [-0.05, 0) is 55.7 Å². The highest BCUT2D eigenvalue weighted by Gasteiger charge is 2.31. The van der Waals surface area contributed by atoms with E-state index in [2.05, 4.69) is 9.97 Å². The number of unbranched alkanes of at least 4 members (excludes halogenated alkanes) is 1. The second kappa shape index (κ2) is 11.0. The van der Waals surface area contributed by atoms with Gasteiger partial charge in [0.05, 0.1) is 11.4 Å². The van der Waals surface area contributed by atoms with Crippen LogP contribution in [0.5, 0.6) is 11.5 Å². The lowest BCUT2D eigenvalue weighted by Gasteiger charge is -2.34. The van der Waals surface area contributed by atoms with Gasteiger partial charge in [0.15, 0.2) is 5.65 Å². The van der Waals surface area contributed by atoms with Crippen molar-refractivity contribution in [3.63, 3.8) is 0 Å². The van der Waals surface area contributed by atoms with Crippen LogP contribution in [-0.2, 0) is 4.79 Å². The summed E-state index contributed by atoms with van der Waals surface area (Å²) in [5, 5.41) is 16.0. The molecule has 9 heteroatoms. The molecule has 0 aliphatic carbocycles. The van der Waals surface area contributed by atoms with Crippen molar-refractivity contribution in [2.45, 2.75) is 51.2 Å². The third-order valence-electron chi connectivity index (χ3n) is 6.80. The fraction of sp³-hybridized carbons (Fsp3) is 0.357. The SMILES string of the molecule is CCCCC(O)C(=O)N1CCC[C@@H](n2nc(-c3ccc(Oc4ccccc4)cc3)c3c(N)ncnc32)C1. The summed E-state index contributed by atoms with van der Waals surface area (Å²) in [6.45, 7) is 3.14. The number of piperidine rings is 1. The van der Waals surface area contributed by atoms with Gasteiger partial charge in [-0.3, -0.25) is 4.79 Å². The van der Waals surface area contributed by atoms with Crippen molar-refractivity contribution in [1.29, 1.82) is 0 Å². The Labute approximate surface area is 215 Å². The standard InChI is InChI=1S/C28H32N6O3/c1-2-3-11-23(35)28(36)33-16-7-8-20(17-33)34-27-24(26(29)30-18-31-27)25(32-34)19-12-14-22(15-13-19)37-21-9-5-4-6-10-21/h4-6,9-10,12-15,18,20,23,35H,2-3,7-8,11,16-17H2,1H3,(H2,29,30,31)/t20-,23?/m1/s1. The van der Waals surface area contributed by atoms with Crippen LogP contribution in [0.4, 0.5) is 5.82 Å². The third-order valence-corrected chi connectivity index (χ3v) is 6.80. The molecule has 1 aliphatic heterocycles. The fourth-order valence-electron chi connectivity index (χ4n) is 4.84. The van der Waals surface area contributed by atoms with E-state index in [-0.39, 0.29) is 11.9 Å². The van der Waals surface area contributed by atoms with Crippen LogP contribution >= 0.6 is 0 Å². The molecular formula is C28H32N6O3. The highest BCUT2D eigenvalue weighted by atomic mass is 16.5. The lowest BCUT2D eigenvalue weighted by atomic mass is 10.0. The number of carbonyl (C=O) groups excluding carboxylic acids is 1. The second-order valence-electron chi connectivity index (χ2n) is 9.43. The van der Waals surface area contributed by atoms with Crippen LogP contribution in [-0.4, -0.2) is 54.9 Å². The zero-order valence-electron chi connectivity index (χ0n) is 21.0. The molecule has 0 radical (unpaired) electrons. The number of hydrogen-bond acceptors (Lipinski definition) is 7. The molecule has 1 unspecified atom stereocenters. The van der Waals surface area contributed by atoms with E-state index in [1.807, 2.05) is 66.2 Å². The summed E-state index contributed by atoms with van der Waals surface area (Å²) in [4.78, 5) is 23.4. The summed E-state index contributed by atoms with van der Waals surface area (Å²) in [5.74, 6) is 1.62.